The minimum absolute atomic E-state index is 0.125. The van der Waals surface area contributed by atoms with Gasteiger partial charge in [0.1, 0.15) is 0 Å². The fourth-order valence-electron chi connectivity index (χ4n) is 1.92. The van der Waals surface area contributed by atoms with E-state index in [4.69, 9.17) is 11.6 Å². The Morgan fingerprint density at radius 2 is 1.27 bits per heavy atom. The molecule has 1 N–H and O–H groups in total. The number of anilines is 1. The van der Waals surface area contributed by atoms with Gasteiger partial charge in [0.25, 0.3) is 5.91 Å². The molecule has 2 aromatic carbocycles. The maximum Gasteiger partial charge on any atom is 0.416 e. The van der Waals surface area contributed by atoms with Crippen LogP contribution in [0.2, 0.25) is 5.02 Å². The van der Waals surface area contributed by atoms with Crippen molar-refractivity contribution in [2.24, 2.45) is 0 Å². The van der Waals surface area contributed by atoms with Crippen LogP contribution in [-0.2, 0) is 12.4 Å². The second kappa shape index (κ2) is 6.75. The van der Waals surface area contributed by atoms with Gasteiger partial charge in [0.15, 0.2) is 11.6 Å². The highest BCUT2D eigenvalue weighted by molar-refractivity contribution is 6.34. The van der Waals surface area contributed by atoms with Gasteiger partial charge >= 0.3 is 12.4 Å². The molecule has 0 spiro atoms. The van der Waals surface area contributed by atoms with E-state index in [1.165, 1.54) is 0 Å². The Morgan fingerprint density at radius 3 is 1.73 bits per heavy atom. The summed E-state index contributed by atoms with van der Waals surface area (Å²) < 4.78 is 103. The first kappa shape index (κ1) is 20.0. The molecule has 2 aromatic rings. The number of rotatable bonds is 2. The highest BCUT2D eigenvalue weighted by atomic mass is 35.5. The van der Waals surface area contributed by atoms with Crippen LogP contribution in [-0.4, -0.2) is 5.91 Å². The van der Waals surface area contributed by atoms with Crippen molar-refractivity contribution in [3.8, 4) is 0 Å². The number of hydrogen-bond donors (Lipinski definition) is 1. The molecule has 26 heavy (non-hydrogen) atoms. The van der Waals surface area contributed by atoms with Gasteiger partial charge in [-0.15, -0.1) is 0 Å². The quantitative estimate of drug-likeness (QED) is 0.490. The molecule has 140 valence electrons. The van der Waals surface area contributed by atoms with Crippen LogP contribution >= 0.6 is 11.6 Å². The normalized spacial score (nSPS) is 12.2. The minimum atomic E-state index is -5.11. The van der Waals surface area contributed by atoms with Crippen molar-refractivity contribution < 1.29 is 39.9 Å². The third kappa shape index (κ3) is 4.43. The summed E-state index contributed by atoms with van der Waals surface area (Å²) in [5, 5.41) is 1.18. The lowest BCUT2D eigenvalue weighted by Crippen LogP contribution is -2.16. The molecule has 0 saturated heterocycles. The predicted molar refractivity (Wildman–Crippen MR) is 75.8 cm³/mol. The summed E-state index contributed by atoms with van der Waals surface area (Å²) in [4.78, 5) is 12.0. The van der Waals surface area contributed by atoms with Gasteiger partial charge in [-0.05, 0) is 30.3 Å². The standard InChI is InChI=1S/C15H6ClF8NO/c16-10-5-12(18)11(17)4-9(10)13(26)25-8-2-6(14(19,20)21)1-7(3-8)15(22,23)24/h1-5H,(H,25,26). The van der Waals surface area contributed by atoms with Crippen molar-refractivity contribution in [2.45, 2.75) is 12.4 Å². The smallest absolute Gasteiger partial charge is 0.322 e. The molecule has 0 radical (unpaired) electrons. The molecule has 0 saturated carbocycles. The van der Waals surface area contributed by atoms with Crippen molar-refractivity contribution in [1.82, 2.24) is 0 Å². The van der Waals surface area contributed by atoms with E-state index in [0.717, 1.165) is 0 Å². The fourth-order valence-corrected chi connectivity index (χ4v) is 2.16. The highest BCUT2D eigenvalue weighted by Crippen LogP contribution is 2.37. The van der Waals surface area contributed by atoms with Gasteiger partial charge in [-0.25, -0.2) is 8.78 Å². The molecule has 0 bridgehead atoms. The lowest BCUT2D eigenvalue weighted by Gasteiger charge is -2.15. The van der Waals surface area contributed by atoms with Crippen molar-refractivity contribution in [1.29, 1.82) is 0 Å². The Hall–Kier alpha value is -2.36. The number of benzene rings is 2. The Labute approximate surface area is 145 Å². The summed E-state index contributed by atoms with van der Waals surface area (Å²) in [6.07, 6.45) is -10.2. The van der Waals surface area contributed by atoms with Gasteiger partial charge in [0.05, 0.1) is 21.7 Å². The van der Waals surface area contributed by atoms with Gasteiger partial charge in [-0.1, -0.05) is 11.6 Å². The van der Waals surface area contributed by atoms with Crippen molar-refractivity contribution in [3.05, 3.63) is 63.7 Å². The molecular formula is C15H6ClF8NO. The maximum absolute atomic E-state index is 13.2. The molecule has 0 aromatic heterocycles. The lowest BCUT2D eigenvalue weighted by atomic mass is 10.1. The summed E-state index contributed by atoms with van der Waals surface area (Å²) in [6, 6.07) is 1.21. The maximum atomic E-state index is 13.2. The molecule has 0 heterocycles. The molecule has 0 aliphatic heterocycles. The molecule has 2 nitrogen and oxygen atoms in total. The van der Waals surface area contributed by atoms with E-state index in [-0.39, 0.29) is 18.2 Å². The monoisotopic (exact) mass is 403 g/mol. The zero-order chi connectivity index (χ0) is 19.9. The summed E-state index contributed by atoms with van der Waals surface area (Å²) in [6.45, 7) is 0. The van der Waals surface area contributed by atoms with Crippen LogP contribution in [0, 0.1) is 11.6 Å². The van der Waals surface area contributed by atoms with Crippen LogP contribution in [0.1, 0.15) is 21.5 Å². The molecule has 0 atom stereocenters. The molecule has 11 heteroatoms. The number of carbonyl (C=O) groups excluding carboxylic acids is 1. The third-order valence-electron chi connectivity index (χ3n) is 3.10. The van der Waals surface area contributed by atoms with Crippen LogP contribution in [0.4, 0.5) is 40.8 Å². The van der Waals surface area contributed by atoms with Crippen LogP contribution in [0.25, 0.3) is 0 Å². The topological polar surface area (TPSA) is 29.1 Å². The molecule has 0 aliphatic rings. The average Bonchev–Trinajstić information content (AvgIpc) is 2.48. The summed E-state index contributed by atoms with van der Waals surface area (Å²) in [5.74, 6) is -4.18. The second-order valence-corrected chi connectivity index (χ2v) is 5.40. The van der Waals surface area contributed by atoms with Crippen molar-refractivity contribution in [3.63, 3.8) is 0 Å². The summed E-state index contributed by atoms with van der Waals surface area (Å²) in [5.41, 5.74) is -4.83. The number of alkyl halides is 6. The van der Waals surface area contributed by atoms with Crippen molar-refractivity contribution >= 4 is 23.2 Å². The molecule has 0 unspecified atom stereocenters. The first-order chi connectivity index (χ1) is 11.8. The first-order valence-electron chi connectivity index (χ1n) is 6.54. The Bertz CT molecular complexity index is 828. The van der Waals surface area contributed by atoms with E-state index in [2.05, 4.69) is 0 Å². The summed E-state index contributed by atoms with van der Waals surface area (Å²) in [7, 11) is 0. The number of halogens is 9. The van der Waals surface area contributed by atoms with Crippen LogP contribution in [0.3, 0.4) is 0 Å². The van der Waals surface area contributed by atoms with Crippen LogP contribution in [0.15, 0.2) is 30.3 Å². The number of carbonyl (C=O) groups is 1. The second-order valence-electron chi connectivity index (χ2n) is 4.99. The van der Waals surface area contributed by atoms with Gasteiger partial charge in [-0.2, -0.15) is 26.3 Å². The van der Waals surface area contributed by atoms with Crippen molar-refractivity contribution in [2.75, 3.05) is 5.32 Å². The summed E-state index contributed by atoms with van der Waals surface area (Å²) >= 11 is 5.54. The van der Waals surface area contributed by atoms with E-state index < -0.39 is 57.3 Å². The van der Waals surface area contributed by atoms with Crippen LogP contribution in [0.5, 0.6) is 0 Å². The zero-order valence-corrected chi connectivity index (χ0v) is 13.0. The van der Waals surface area contributed by atoms with Crippen LogP contribution < -0.4 is 5.32 Å². The molecule has 0 fully saturated rings. The third-order valence-corrected chi connectivity index (χ3v) is 3.41. The SMILES string of the molecule is O=C(Nc1cc(C(F)(F)F)cc(C(F)(F)F)c1)c1cc(F)c(F)cc1Cl. The predicted octanol–water partition coefficient (Wildman–Crippen LogP) is 5.91. The molecule has 0 aliphatic carbocycles. The number of nitrogens with one attached hydrogen (secondary N) is 1. The van der Waals surface area contributed by atoms with E-state index in [0.29, 0.717) is 12.1 Å². The van der Waals surface area contributed by atoms with Gasteiger partial charge in [0.2, 0.25) is 0 Å². The van der Waals surface area contributed by atoms with Gasteiger partial charge in [0, 0.05) is 5.69 Å². The lowest BCUT2D eigenvalue weighted by molar-refractivity contribution is -0.143. The Kier molecular flexibility index (Phi) is 5.18. The van der Waals surface area contributed by atoms with E-state index in [9.17, 15) is 39.9 Å². The fraction of sp³-hybridized carbons (Fsp3) is 0.133. The Morgan fingerprint density at radius 1 is 0.808 bits per heavy atom. The minimum Gasteiger partial charge on any atom is -0.322 e. The average molecular weight is 404 g/mol. The number of hydrogen-bond acceptors (Lipinski definition) is 1. The Balaban J connectivity index is 2.46. The van der Waals surface area contributed by atoms with E-state index in [1.807, 2.05) is 0 Å². The van der Waals surface area contributed by atoms with E-state index in [1.54, 1.807) is 5.32 Å². The molecular weight excluding hydrogens is 398 g/mol. The molecule has 1 amide bonds. The number of amides is 1. The van der Waals surface area contributed by atoms with Gasteiger partial charge in [-0.3, -0.25) is 4.79 Å². The first-order valence-corrected chi connectivity index (χ1v) is 6.92. The zero-order valence-electron chi connectivity index (χ0n) is 12.2. The van der Waals surface area contributed by atoms with E-state index >= 15 is 0 Å². The van der Waals surface area contributed by atoms with Gasteiger partial charge < -0.3 is 5.32 Å². The molecule has 2 rings (SSSR count). The highest BCUT2D eigenvalue weighted by Gasteiger charge is 2.37. The largest absolute Gasteiger partial charge is 0.416 e.